The number of hydrogen-bond donors (Lipinski definition) is 3. The molecule has 1 atom stereocenters. The van der Waals surface area contributed by atoms with Crippen LogP contribution in [0.1, 0.15) is 29.8 Å². The molecule has 0 aromatic carbocycles. The molecule has 0 spiro atoms. The molecule has 0 aliphatic carbocycles. The minimum atomic E-state index is -0.130. The molecular formula is C16H22N4OS. The average Bonchev–Trinajstić information content (AvgIpc) is 3.03. The average molecular weight is 318 g/mol. The van der Waals surface area contributed by atoms with Gasteiger partial charge in [0, 0.05) is 24.2 Å². The first-order valence-electron chi connectivity index (χ1n) is 7.39. The molecule has 2 aromatic heterocycles. The number of anilines is 1. The Bertz CT molecular complexity index is 568. The van der Waals surface area contributed by atoms with Gasteiger partial charge in [0.1, 0.15) is 5.82 Å². The molecule has 0 saturated carbocycles. The topological polar surface area (TPSA) is 66.0 Å². The second-order valence-electron chi connectivity index (χ2n) is 5.14. The molecule has 2 heterocycles. The first kappa shape index (κ1) is 16.3. The molecule has 22 heavy (non-hydrogen) atoms. The molecule has 0 aliphatic heterocycles. The SMILES string of the molecule is Cc1ccc(NCCCNC(=O)N[C@H](C)c2cccs2)nc1. The highest BCUT2D eigenvalue weighted by Crippen LogP contribution is 2.17. The van der Waals surface area contributed by atoms with Crippen molar-refractivity contribution in [2.45, 2.75) is 26.3 Å². The normalized spacial score (nSPS) is 11.7. The second-order valence-corrected chi connectivity index (χ2v) is 6.12. The van der Waals surface area contributed by atoms with Crippen LogP contribution in [-0.4, -0.2) is 24.1 Å². The predicted molar refractivity (Wildman–Crippen MR) is 91.3 cm³/mol. The quantitative estimate of drug-likeness (QED) is 0.686. The van der Waals surface area contributed by atoms with E-state index in [2.05, 4.69) is 20.9 Å². The van der Waals surface area contributed by atoms with Gasteiger partial charge in [-0.2, -0.15) is 0 Å². The molecule has 0 radical (unpaired) electrons. The van der Waals surface area contributed by atoms with Crippen LogP contribution in [0.4, 0.5) is 10.6 Å². The lowest BCUT2D eigenvalue weighted by Crippen LogP contribution is -2.37. The van der Waals surface area contributed by atoms with Crippen molar-refractivity contribution >= 4 is 23.2 Å². The van der Waals surface area contributed by atoms with E-state index in [0.29, 0.717) is 6.54 Å². The second kappa shape index (κ2) is 8.38. The zero-order chi connectivity index (χ0) is 15.8. The van der Waals surface area contributed by atoms with E-state index in [4.69, 9.17) is 0 Å². The van der Waals surface area contributed by atoms with E-state index in [9.17, 15) is 4.79 Å². The van der Waals surface area contributed by atoms with Gasteiger partial charge in [0.2, 0.25) is 0 Å². The summed E-state index contributed by atoms with van der Waals surface area (Å²) in [5, 5.41) is 11.0. The summed E-state index contributed by atoms with van der Waals surface area (Å²) in [4.78, 5) is 17.2. The summed E-state index contributed by atoms with van der Waals surface area (Å²) in [5.41, 5.74) is 1.14. The summed E-state index contributed by atoms with van der Waals surface area (Å²) in [5.74, 6) is 0.862. The van der Waals surface area contributed by atoms with Gasteiger partial charge in [-0.3, -0.25) is 0 Å². The molecule has 5 nitrogen and oxygen atoms in total. The van der Waals surface area contributed by atoms with E-state index in [1.54, 1.807) is 11.3 Å². The number of nitrogens with one attached hydrogen (secondary N) is 3. The lowest BCUT2D eigenvalue weighted by Gasteiger charge is -2.13. The lowest BCUT2D eigenvalue weighted by molar-refractivity contribution is 0.238. The van der Waals surface area contributed by atoms with Crippen LogP contribution in [0.3, 0.4) is 0 Å². The Balaban J connectivity index is 1.58. The van der Waals surface area contributed by atoms with E-state index in [-0.39, 0.29) is 12.1 Å². The smallest absolute Gasteiger partial charge is 0.315 e. The molecule has 0 saturated heterocycles. The van der Waals surface area contributed by atoms with Crippen molar-refractivity contribution in [1.82, 2.24) is 15.6 Å². The minimum Gasteiger partial charge on any atom is -0.370 e. The number of hydrogen-bond acceptors (Lipinski definition) is 4. The van der Waals surface area contributed by atoms with Crippen LogP contribution in [0.2, 0.25) is 0 Å². The van der Waals surface area contributed by atoms with E-state index in [1.807, 2.05) is 49.7 Å². The first-order chi connectivity index (χ1) is 10.6. The van der Waals surface area contributed by atoms with E-state index in [1.165, 1.54) is 0 Å². The van der Waals surface area contributed by atoms with Crippen LogP contribution in [0.5, 0.6) is 0 Å². The summed E-state index contributed by atoms with van der Waals surface area (Å²) >= 11 is 1.64. The number of thiophene rings is 1. The van der Waals surface area contributed by atoms with Gasteiger partial charge in [-0.05, 0) is 43.3 Å². The Labute approximate surface area is 135 Å². The van der Waals surface area contributed by atoms with Crippen molar-refractivity contribution in [3.63, 3.8) is 0 Å². The van der Waals surface area contributed by atoms with Crippen LogP contribution in [0.25, 0.3) is 0 Å². The highest BCUT2D eigenvalue weighted by Gasteiger charge is 2.09. The lowest BCUT2D eigenvalue weighted by atomic mass is 10.3. The third-order valence-electron chi connectivity index (χ3n) is 3.17. The molecule has 0 fully saturated rings. The third-order valence-corrected chi connectivity index (χ3v) is 4.23. The maximum atomic E-state index is 11.8. The molecule has 0 aliphatic rings. The Hall–Kier alpha value is -2.08. The molecule has 6 heteroatoms. The van der Waals surface area contributed by atoms with Gasteiger partial charge in [0.15, 0.2) is 0 Å². The predicted octanol–water partition coefficient (Wildman–Crippen LogP) is 3.31. The number of amides is 2. The fourth-order valence-corrected chi connectivity index (χ4v) is 2.67. The largest absolute Gasteiger partial charge is 0.370 e. The molecule has 118 valence electrons. The van der Waals surface area contributed by atoms with Crippen molar-refractivity contribution in [2.75, 3.05) is 18.4 Å². The van der Waals surface area contributed by atoms with E-state index in [0.717, 1.165) is 29.2 Å². The van der Waals surface area contributed by atoms with Gasteiger partial charge in [-0.25, -0.2) is 9.78 Å². The van der Waals surface area contributed by atoms with Crippen molar-refractivity contribution in [2.24, 2.45) is 0 Å². The van der Waals surface area contributed by atoms with Crippen LogP contribution < -0.4 is 16.0 Å². The number of urea groups is 1. The summed E-state index contributed by atoms with van der Waals surface area (Å²) in [6.45, 7) is 5.39. The summed E-state index contributed by atoms with van der Waals surface area (Å²) in [7, 11) is 0. The van der Waals surface area contributed by atoms with E-state index < -0.39 is 0 Å². The number of carbonyl (C=O) groups excluding carboxylic acids is 1. The zero-order valence-electron chi connectivity index (χ0n) is 12.9. The summed E-state index contributed by atoms with van der Waals surface area (Å²) in [6, 6.07) is 7.89. The number of nitrogens with zero attached hydrogens (tertiary/aromatic N) is 1. The highest BCUT2D eigenvalue weighted by atomic mass is 32.1. The Kier molecular flexibility index (Phi) is 6.21. The van der Waals surface area contributed by atoms with E-state index >= 15 is 0 Å². The fraction of sp³-hybridized carbons (Fsp3) is 0.375. The van der Waals surface area contributed by atoms with Gasteiger partial charge in [-0.1, -0.05) is 12.1 Å². The van der Waals surface area contributed by atoms with Crippen LogP contribution in [-0.2, 0) is 0 Å². The Morgan fingerprint density at radius 1 is 1.32 bits per heavy atom. The minimum absolute atomic E-state index is 0.0369. The first-order valence-corrected chi connectivity index (χ1v) is 8.27. The third kappa shape index (κ3) is 5.37. The molecule has 0 bridgehead atoms. The standard InChI is InChI=1S/C16H22N4OS/c1-12-6-7-15(19-11-12)17-8-4-9-18-16(21)20-13(2)14-5-3-10-22-14/h3,5-7,10-11,13H,4,8-9H2,1-2H3,(H,17,19)(H2,18,20,21)/t13-/m1/s1. The Morgan fingerprint density at radius 2 is 2.18 bits per heavy atom. The highest BCUT2D eigenvalue weighted by molar-refractivity contribution is 7.10. The van der Waals surface area contributed by atoms with Crippen LogP contribution >= 0.6 is 11.3 Å². The summed E-state index contributed by atoms with van der Waals surface area (Å²) < 4.78 is 0. The van der Waals surface area contributed by atoms with Gasteiger partial charge >= 0.3 is 6.03 Å². The number of rotatable bonds is 7. The molecular weight excluding hydrogens is 296 g/mol. The molecule has 3 N–H and O–H groups in total. The monoisotopic (exact) mass is 318 g/mol. The van der Waals surface area contributed by atoms with Crippen LogP contribution in [0, 0.1) is 6.92 Å². The number of aromatic nitrogens is 1. The fourth-order valence-electron chi connectivity index (χ4n) is 1.94. The molecule has 2 rings (SSSR count). The molecule has 2 amide bonds. The van der Waals surface area contributed by atoms with Crippen molar-refractivity contribution in [3.8, 4) is 0 Å². The van der Waals surface area contributed by atoms with Gasteiger partial charge in [0.25, 0.3) is 0 Å². The van der Waals surface area contributed by atoms with Gasteiger partial charge < -0.3 is 16.0 Å². The van der Waals surface area contributed by atoms with Crippen molar-refractivity contribution in [3.05, 3.63) is 46.3 Å². The zero-order valence-corrected chi connectivity index (χ0v) is 13.7. The van der Waals surface area contributed by atoms with Crippen LogP contribution in [0.15, 0.2) is 35.8 Å². The summed E-state index contributed by atoms with van der Waals surface area (Å²) in [6.07, 6.45) is 2.68. The van der Waals surface area contributed by atoms with Gasteiger partial charge in [-0.15, -0.1) is 11.3 Å². The maximum Gasteiger partial charge on any atom is 0.315 e. The van der Waals surface area contributed by atoms with Crippen molar-refractivity contribution in [1.29, 1.82) is 0 Å². The van der Waals surface area contributed by atoms with Gasteiger partial charge in [0.05, 0.1) is 6.04 Å². The van der Waals surface area contributed by atoms with Crippen molar-refractivity contribution < 1.29 is 4.79 Å². The number of pyridine rings is 1. The molecule has 0 unspecified atom stereocenters. The Morgan fingerprint density at radius 3 is 2.86 bits per heavy atom. The number of carbonyl (C=O) groups is 1. The maximum absolute atomic E-state index is 11.8. The number of aryl methyl sites for hydroxylation is 1. The molecule has 2 aromatic rings.